The zero-order valence-corrected chi connectivity index (χ0v) is 13.5. The van der Waals surface area contributed by atoms with Gasteiger partial charge in [-0.25, -0.2) is 0 Å². The minimum Gasteiger partial charge on any atom is -0.384 e. The summed E-state index contributed by atoms with van der Waals surface area (Å²) in [6.45, 7) is 2.34. The van der Waals surface area contributed by atoms with E-state index in [2.05, 4.69) is 20.6 Å². The normalized spacial score (nSPS) is 11.8. The first-order valence-corrected chi connectivity index (χ1v) is 8.07. The molecule has 25 heavy (non-hydrogen) atoms. The number of hydrogen-bond acceptors (Lipinski definition) is 3. The topological polar surface area (TPSA) is 52.7 Å². The second-order valence-corrected chi connectivity index (χ2v) is 5.74. The van der Waals surface area contributed by atoms with E-state index >= 15 is 0 Å². The summed E-state index contributed by atoms with van der Waals surface area (Å²) in [5.41, 5.74) is 1.58. The summed E-state index contributed by atoms with van der Waals surface area (Å²) >= 11 is 0. The van der Waals surface area contributed by atoms with Crippen molar-refractivity contribution >= 4 is 16.6 Å². The molecule has 0 bridgehead atoms. The lowest BCUT2D eigenvalue weighted by atomic mass is 10.1. The Hall–Kier alpha value is -2.54. The van der Waals surface area contributed by atoms with E-state index in [1.165, 1.54) is 12.3 Å². The number of aromatic nitrogens is 2. The van der Waals surface area contributed by atoms with Crippen LogP contribution in [0.5, 0.6) is 0 Å². The molecule has 0 aliphatic carbocycles. The maximum atomic E-state index is 12.8. The van der Waals surface area contributed by atoms with Gasteiger partial charge in [-0.3, -0.25) is 4.98 Å². The number of aromatic amines is 1. The van der Waals surface area contributed by atoms with Gasteiger partial charge in [-0.05, 0) is 43.3 Å². The highest BCUT2D eigenvalue weighted by molar-refractivity contribution is 5.91. The molecule has 0 fully saturated rings. The van der Waals surface area contributed by atoms with E-state index in [9.17, 15) is 13.2 Å². The second-order valence-electron chi connectivity index (χ2n) is 5.74. The predicted molar refractivity (Wildman–Crippen MR) is 92.4 cm³/mol. The van der Waals surface area contributed by atoms with Gasteiger partial charge >= 0.3 is 6.18 Å². The Balaban J connectivity index is 1.54. The third kappa shape index (κ3) is 4.51. The van der Waals surface area contributed by atoms with Gasteiger partial charge in [0.25, 0.3) is 0 Å². The first-order valence-electron chi connectivity index (χ1n) is 8.07. The molecule has 0 unspecified atom stereocenters. The van der Waals surface area contributed by atoms with Crippen LogP contribution in [0.1, 0.15) is 17.7 Å². The van der Waals surface area contributed by atoms with Crippen molar-refractivity contribution in [3.63, 3.8) is 0 Å². The third-order valence-electron chi connectivity index (χ3n) is 3.89. The Morgan fingerprint density at radius 3 is 2.72 bits per heavy atom. The number of hydrogen-bond donors (Lipinski definition) is 3. The number of H-pyrrole nitrogens is 1. The number of nitrogens with one attached hydrogen (secondary N) is 3. The monoisotopic (exact) mass is 348 g/mol. The van der Waals surface area contributed by atoms with Crippen LogP contribution < -0.4 is 10.6 Å². The Morgan fingerprint density at radius 2 is 1.96 bits per heavy atom. The second kappa shape index (κ2) is 7.57. The Bertz CT molecular complexity index is 813. The van der Waals surface area contributed by atoms with Crippen molar-refractivity contribution in [3.05, 3.63) is 60.0 Å². The van der Waals surface area contributed by atoms with Crippen molar-refractivity contribution in [2.24, 2.45) is 0 Å². The van der Waals surface area contributed by atoms with E-state index in [1.807, 2.05) is 18.3 Å². The van der Waals surface area contributed by atoms with Gasteiger partial charge in [0, 0.05) is 42.3 Å². The zero-order chi connectivity index (χ0) is 17.7. The highest BCUT2D eigenvalue weighted by Gasteiger charge is 2.30. The summed E-state index contributed by atoms with van der Waals surface area (Å²) in [7, 11) is 0. The van der Waals surface area contributed by atoms with Crippen LogP contribution in [0.15, 0.2) is 48.8 Å². The molecule has 0 spiro atoms. The lowest BCUT2D eigenvalue weighted by Gasteiger charge is -2.12. The molecule has 0 atom stereocenters. The molecule has 0 saturated heterocycles. The van der Waals surface area contributed by atoms with E-state index in [0.29, 0.717) is 10.9 Å². The number of pyridine rings is 1. The first-order chi connectivity index (χ1) is 12.0. The van der Waals surface area contributed by atoms with Gasteiger partial charge in [0.1, 0.15) is 0 Å². The summed E-state index contributed by atoms with van der Waals surface area (Å²) in [6, 6.07) is 9.39. The van der Waals surface area contributed by atoms with Gasteiger partial charge in [-0.15, -0.1) is 0 Å². The van der Waals surface area contributed by atoms with Crippen LogP contribution in [0.4, 0.5) is 18.9 Å². The average molecular weight is 348 g/mol. The maximum absolute atomic E-state index is 12.8. The van der Waals surface area contributed by atoms with Crippen LogP contribution in [0.25, 0.3) is 10.9 Å². The van der Waals surface area contributed by atoms with Gasteiger partial charge in [0.05, 0.1) is 11.1 Å². The molecule has 0 saturated carbocycles. The largest absolute Gasteiger partial charge is 0.416 e. The molecule has 7 heteroatoms. The molecule has 0 aliphatic heterocycles. The number of alkyl halides is 3. The van der Waals surface area contributed by atoms with E-state index in [1.54, 1.807) is 6.07 Å². The quantitative estimate of drug-likeness (QED) is 0.562. The number of rotatable bonds is 7. The Morgan fingerprint density at radius 1 is 1.08 bits per heavy atom. The van der Waals surface area contributed by atoms with Gasteiger partial charge in [0.2, 0.25) is 0 Å². The highest BCUT2D eigenvalue weighted by atomic mass is 19.4. The number of anilines is 1. The van der Waals surface area contributed by atoms with Gasteiger partial charge in [0.15, 0.2) is 0 Å². The molecule has 1 aromatic carbocycles. The molecule has 2 heterocycles. The molecule has 2 aromatic heterocycles. The van der Waals surface area contributed by atoms with Crippen molar-refractivity contribution in [2.45, 2.75) is 19.1 Å². The minimum atomic E-state index is -4.36. The van der Waals surface area contributed by atoms with Crippen LogP contribution >= 0.6 is 0 Å². The van der Waals surface area contributed by atoms with Gasteiger partial charge in [-0.1, -0.05) is 6.07 Å². The smallest absolute Gasteiger partial charge is 0.384 e. The van der Waals surface area contributed by atoms with Crippen LogP contribution in [0.3, 0.4) is 0 Å². The SMILES string of the molecule is FC(F)(F)c1ccc2c(NCCCNCc3ccc[nH]3)ccnc2c1. The minimum absolute atomic E-state index is 0.338. The Labute approximate surface area is 143 Å². The van der Waals surface area contributed by atoms with Crippen molar-refractivity contribution in [1.29, 1.82) is 0 Å². The molecule has 3 N–H and O–H groups in total. The number of fused-ring (bicyclic) bond motifs is 1. The average Bonchev–Trinajstić information content (AvgIpc) is 3.10. The number of nitrogens with zero attached hydrogens (tertiary/aromatic N) is 1. The number of halogens is 3. The molecule has 0 aliphatic rings. The standard InChI is InChI=1S/C18H19F3N4/c19-18(20,21)13-4-5-15-16(6-10-25-17(15)11-13)24-9-2-7-22-12-14-3-1-8-23-14/h1,3-6,8,10-11,22-23H,2,7,9,12H2,(H,24,25). The molecule has 4 nitrogen and oxygen atoms in total. The highest BCUT2D eigenvalue weighted by Crippen LogP contribution is 2.32. The van der Waals surface area contributed by atoms with Crippen molar-refractivity contribution in [2.75, 3.05) is 18.4 Å². The number of benzene rings is 1. The van der Waals surface area contributed by atoms with Gasteiger partial charge in [-0.2, -0.15) is 13.2 Å². The lowest BCUT2D eigenvalue weighted by Crippen LogP contribution is -2.17. The predicted octanol–water partition coefficient (Wildman–Crippen LogP) is 4.17. The van der Waals surface area contributed by atoms with Gasteiger partial charge < -0.3 is 15.6 Å². The van der Waals surface area contributed by atoms with Crippen molar-refractivity contribution in [3.8, 4) is 0 Å². The van der Waals surface area contributed by atoms with E-state index < -0.39 is 11.7 Å². The van der Waals surface area contributed by atoms with Crippen molar-refractivity contribution < 1.29 is 13.2 Å². The molecule has 132 valence electrons. The molecule has 3 rings (SSSR count). The first kappa shape index (κ1) is 17.3. The van der Waals surface area contributed by atoms with Crippen LogP contribution in [-0.2, 0) is 12.7 Å². The molecular formula is C18H19F3N4. The zero-order valence-electron chi connectivity index (χ0n) is 13.5. The summed E-state index contributed by atoms with van der Waals surface area (Å²) in [6.07, 6.45) is -0.0547. The summed E-state index contributed by atoms with van der Waals surface area (Å²) < 4.78 is 38.4. The summed E-state index contributed by atoms with van der Waals surface area (Å²) in [5, 5.41) is 7.29. The van der Waals surface area contributed by atoms with E-state index in [0.717, 1.165) is 49.6 Å². The van der Waals surface area contributed by atoms with Crippen molar-refractivity contribution in [1.82, 2.24) is 15.3 Å². The fraction of sp³-hybridized carbons (Fsp3) is 0.278. The molecule has 0 radical (unpaired) electrons. The summed E-state index contributed by atoms with van der Waals surface area (Å²) in [5.74, 6) is 0. The van der Waals surface area contributed by atoms with E-state index in [4.69, 9.17) is 0 Å². The Kier molecular flexibility index (Phi) is 5.23. The molecule has 3 aromatic rings. The van der Waals surface area contributed by atoms with E-state index in [-0.39, 0.29) is 0 Å². The fourth-order valence-electron chi connectivity index (χ4n) is 2.62. The lowest BCUT2D eigenvalue weighted by molar-refractivity contribution is -0.137. The third-order valence-corrected chi connectivity index (χ3v) is 3.89. The van der Waals surface area contributed by atoms with Crippen LogP contribution in [0.2, 0.25) is 0 Å². The maximum Gasteiger partial charge on any atom is 0.416 e. The van der Waals surface area contributed by atoms with Crippen LogP contribution in [0, 0.1) is 0 Å². The molecule has 0 amide bonds. The van der Waals surface area contributed by atoms with Crippen LogP contribution in [-0.4, -0.2) is 23.1 Å². The summed E-state index contributed by atoms with van der Waals surface area (Å²) in [4.78, 5) is 7.17. The molecular weight excluding hydrogens is 329 g/mol. The fourth-order valence-corrected chi connectivity index (χ4v) is 2.62.